The zero-order valence-corrected chi connectivity index (χ0v) is 9.77. The largest absolute Gasteiger partial charge is 0.497 e. The Morgan fingerprint density at radius 3 is 3.06 bits per heavy atom. The number of hydrogen-bond donors (Lipinski definition) is 1. The molecular weight excluding hydrogens is 204 g/mol. The van der Waals surface area contributed by atoms with Gasteiger partial charge in [0.05, 0.1) is 19.3 Å². The number of rotatable bonds is 3. The van der Waals surface area contributed by atoms with E-state index < -0.39 is 0 Å². The second kappa shape index (κ2) is 4.61. The van der Waals surface area contributed by atoms with Crippen LogP contribution in [-0.2, 0) is 0 Å². The van der Waals surface area contributed by atoms with Crippen LogP contribution in [0.25, 0.3) is 0 Å². The molecule has 1 aliphatic rings. The Kier molecular flexibility index (Phi) is 3.19. The predicted octanol–water partition coefficient (Wildman–Crippen LogP) is 1.24. The zero-order chi connectivity index (χ0) is 11.5. The average molecular weight is 222 g/mol. The molecule has 4 heteroatoms. The molecule has 16 heavy (non-hydrogen) atoms. The molecule has 0 spiro atoms. The monoisotopic (exact) mass is 222 g/mol. The quantitative estimate of drug-likeness (QED) is 0.836. The van der Waals surface area contributed by atoms with Crippen molar-refractivity contribution in [2.24, 2.45) is 5.73 Å². The van der Waals surface area contributed by atoms with Gasteiger partial charge in [-0.25, -0.2) is 0 Å². The molecule has 1 aromatic carbocycles. The van der Waals surface area contributed by atoms with Crippen molar-refractivity contribution in [2.75, 3.05) is 31.7 Å². The molecule has 0 amide bonds. The number of nitrogens with zero attached hydrogens (tertiary/aromatic N) is 1. The minimum absolute atomic E-state index is 0.150. The van der Waals surface area contributed by atoms with Crippen LogP contribution >= 0.6 is 0 Å². The molecule has 1 unspecified atom stereocenters. The topological polar surface area (TPSA) is 47.7 Å². The van der Waals surface area contributed by atoms with Gasteiger partial charge >= 0.3 is 0 Å². The minimum Gasteiger partial charge on any atom is -0.497 e. The van der Waals surface area contributed by atoms with E-state index in [1.165, 1.54) is 0 Å². The fourth-order valence-electron chi connectivity index (χ4n) is 1.92. The van der Waals surface area contributed by atoms with Crippen molar-refractivity contribution in [3.63, 3.8) is 0 Å². The second-order valence-electron chi connectivity index (χ2n) is 4.11. The van der Waals surface area contributed by atoms with Gasteiger partial charge in [-0.1, -0.05) is 0 Å². The normalized spacial score (nSPS) is 16.3. The Morgan fingerprint density at radius 1 is 1.56 bits per heavy atom. The first-order chi connectivity index (χ1) is 7.70. The smallest absolute Gasteiger partial charge is 0.142 e. The number of anilines is 1. The van der Waals surface area contributed by atoms with Crippen LogP contribution in [0, 0.1) is 0 Å². The lowest BCUT2D eigenvalue weighted by Crippen LogP contribution is -2.40. The first kappa shape index (κ1) is 11.1. The fourth-order valence-corrected chi connectivity index (χ4v) is 1.92. The lowest BCUT2D eigenvalue weighted by atomic mass is 10.2. The Labute approximate surface area is 95.9 Å². The summed E-state index contributed by atoms with van der Waals surface area (Å²) in [5, 5.41) is 0. The number of fused-ring (bicyclic) bond motifs is 1. The lowest BCUT2D eigenvalue weighted by molar-refractivity contribution is 0.305. The van der Waals surface area contributed by atoms with Gasteiger partial charge in [0.25, 0.3) is 0 Å². The highest BCUT2D eigenvalue weighted by Crippen LogP contribution is 2.34. The Hall–Kier alpha value is -1.42. The summed E-state index contributed by atoms with van der Waals surface area (Å²) >= 11 is 0. The van der Waals surface area contributed by atoms with Crippen molar-refractivity contribution in [3.8, 4) is 11.5 Å². The third-order valence-corrected chi connectivity index (χ3v) is 2.63. The van der Waals surface area contributed by atoms with Crippen molar-refractivity contribution in [2.45, 2.75) is 13.0 Å². The molecule has 0 saturated carbocycles. The number of nitrogens with two attached hydrogens (primary N) is 1. The summed E-state index contributed by atoms with van der Waals surface area (Å²) in [5.74, 6) is 1.76. The predicted molar refractivity (Wildman–Crippen MR) is 64.4 cm³/mol. The molecular formula is C12H18N2O2. The molecule has 1 heterocycles. The highest BCUT2D eigenvalue weighted by molar-refractivity contribution is 5.62. The zero-order valence-electron chi connectivity index (χ0n) is 9.77. The molecule has 2 N–H and O–H groups in total. The van der Waals surface area contributed by atoms with Crippen molar-refractivity contribution < 1.29 is 9.47 Å². The van der Waals surface area contributed by atoms with E-state index in [0.717, 1.165) is 30.3 Å². The van der Waals surface area contributed by atoms with Gasteiger partial charge in [-0.3, -0.25) is 0 Å². The van der Waals surface area contributed by atoms with E-state index in [4.69, 9.17) is 15.2 Å². The second-order valence-corrected chi connectivity index (χ2v) is 4.11. The molecule has 4 nitrogen and oxygen atoms in total. The van der Waals surface area contributed by atoms with Gasteiger partial charge in [0.15, 0.2) is 0 Å². The number of hydrogen-bond acceptors (Lipinski definition) is 4. The van der Waals surface area contributed by atoms with Crippen LogP contribution in [0.15, 0.2) is 18.2 Å². The van der Waals surface area contributed by atoms with E-state index in [1.54, 1.807) is 7.11 Å². The van der Waals surface area contributed by atoms with E-state index in [0.29, 0.717) is 6.61 Å². The standard InChI is InChI=1S/C12H18N2O2/c1-9(13)8-14-5-6-16-12-4-3-10(15-2)7-11(12)14/h3-4,7,9H,5-6,8,13H2,1-2H3. The highest BCUT2D eigenvalue weighted by atomic mass is 16.5. The molecule has 1 atom stereocenters. The molecule has 1 aromatic rings. The van der Waals surface area contributed by atoms with E-state index in [9.17, 15) is 0 Å². The number of methoxy groups -OCH3 is 1. The summed E-state index contributed by atoms with van der Waals surface area (Å²) in [6, 6.07) is 6.00. The van der Waals surface area contributed by atoms with Crippen LogP contribution < -0.4 is 20.1 Å². The minimum atomic E-state index is 0.150. The molecule has 0 aromatic heterocycles. The molecule has 0 bridgehead atoms. The summed E-state index contributed by atoms with van der Waals surface area (Å²) in [7, 11) is 1.67. The van der Waals surface area contributed by atoms with Gasteiger partial charge in [-0.05, 0) is 19.1 Å². The van der Waals surface area contributed by atoms with Crippen molar-refractivity contribution in [1.29, 1.82) is 0 Å². The molecule has 2 rings (SSSR count). The van der Waals surface area contributed by atoms with Gasteiger partial charge in [-0.15, -0.1) is 0 Å². The first-order valence-corrected chi connectivity index (χ1v) is 5.52. The molecule has 1 aliphatic heterocycles. The van der Waals surface area contributed by atoms with Crippen LogP contribution in [0.4, 0.5) is 5.69 Å². The lowest BCUT2D eigenvalue weighted by Gasteiger charge is -2.32. The van der Waals surface area contributed by atoms with E-state index in [1.807, 2.05) is 25.1 Å². The van der Waals surface area contributed by atoms with Gasteiger partial charge in [0.1, 0.15) is 18.1 Å². The average Bonchev–Trinajstić information content (AvgIpc) is 2.28. The maximum Gasteiger partial charge on any atom is 0.142 e. The SMILES string of the molecule is COc1ccc2c(c1)N(CC(C)N)CCO2. The summed E-state index contributed by atoms with van der Waals surface area (Å²) in [5.41, 5.74) is 6.91. The number of benzene rings is 1. The maximum absolute atomic E-state index is 5.84. The summed E-state index contributed by atoms with van der Waals surface area (Å²) in [6.07, 6.45) is 0. The van der Waals surface area contributed by atoms with Crippen LogP contribution in [0.2, 0.25) is 0 Å². The van der Waals surface area contributed by atoms with Crippen molar-refractivity contribution in [1.82, 2.24) is 0 Å². The highest BCUT2D eigenvalue weighted by Gasteiger charge is 2.19. The van der Waals surface area contributed by atoms with Gasteiger partial charge in [0.2, 0.25) is 0 Å². The van der Waals surface area contributed by atoms with Crippen molar-refractivity contribution >= 4 is 5.69 Å². The molecule has 0 saturated heterocycles. The summed E-state index contributed by atoms with van der Waals surface area (Å²) < 4.78 is 10.8. The van der Waals surface area contributed by atoms with Gasteiger partial charge in [0, 0.05) is 18.7 Å². The van der Waals surface area contributed by atoms with Crippen LogP contribution in [0.3, 0.4) is 0 Å². The van der Waals surface area contributed by atoms with E-state index >= 15 is 0 Å². The summed E-state index contributed by atoms with van der Waals surface area (Å²) in [6.45, 7) is 4.44. The van der Waals surface area contributed by atoms with Crippen LogP contribution in [-0.4, -0.2) is 32.8 Å². The summed E-state index contributed by atoms with van der Waals surface area (Å²) in [4.78, 5) is 2.24. The van der Waals surface area contributed by atoms with Crippen LogP contribution in [0.1, 0.15) is 6.92 Å². The fraction of sp³-hybridized carbons (Fsp3) is 0.500. The molecule has 0 aliphatic carbocycles. The molecule has 88 valence electrons. The molecule has 0 radical (unpaired) electrons. The van der Waals surface area contributed by atoms with E-state index in [2.05, 4.69) is 4.90 Å². The first-order valence-electron chi connectivity index (χ1n) is 5.52. The third kappa shape index (κ3) is 2.22. The number of ether oxygens (including phenoxy) is 2. The Bertz CT molecular complexity index is 366. The Morgan fingerprint density at radius 2 is 2.38 bits per heavy atom. The molecule has 0 fully saturated rings. The maximum atomic E-state index is 5.84. The van der Waals surface area contributed by atoms with Crippen molar-refractivity contribution in [3.05, 3.63) is 18.2 Å². The van der Waals surface area contributed by atoms with Gasteiger partial charge in [-0.2, -0.15) is 0 Å². The van der Waals surface area contributed by atoms with Crippen LogP contribution in [0.5, 0.6) is 11.5 Å². The third-order valence-electron chi connectivity index (χ3n) is 2.63. The van der Waals surface area contributed by atoms with Gasteiger partial charge < -0.3 is 20.1 Å². The Balaban J connectivity index is 2.28. The van der Waals surface area contributed by atoms with E-state index in [-0.39, 0.29) is 6.04 Å².